The molecule has 0 aliphatic heterocycles. The highest BCUT2D eigenvalue weighted by atomic mass is 32.2. The molecule has 2 aromatic carbocycles. The second kappa shape index (κ2) is 8.22. The SMILES string of the molecule is C[P+](C)(CCCS(=O)(=O)O)Cc1ccc(C(=O)c2ccccc2)cc1. The van der Waals surface area contributed by atoms with Gasteiger partial charge >= 0.3 is 0 Å². The van der Waals surface area contributed by atoms with E-state index in [9.17, 15) is 13.2 Å². The van der Waals surface area contributed by atoms with E-state index >= 15 is 0 Å². The van der Waals surface area contributed by atoms with Crippen LogP contribution < -0.4 is 0 Å². The molecule has 0 radical (unpaired) electrons. The van der Waals surface area contributed by atoms with Crippen molar-refractivity contribution in [2.45, 2.75) is 12.6 Å². The maximum atomic E-state index is 12.4. The fourth-order valence-corrected chi connectivity index (χ4v) is 5.86. The highest BCUT2D eigenvalue weighted by molar-refractivity contribution is 7.85. The van der Waals surface area contributed by atoms with Crippen molar-refractivity contribution in [2.75, 3.05) is 25.2 Å². The van der Waals surface area contributed by atoms with E-state index < -0.39 is 17.4 Å². The minimum absolute atomic E-state index is 0.00867. The zero-order valence-corrected chi connectivity index (χ0v) is 16.3. The normalized spacial score (nSPS) is 12.1. The van der Waals surface area contributed by atoms with Crippen LogP contribution in [0.2, 0.25) is 0 Å². The van der Waals surface area contributed by atoms with Gasteiger partial charge in [-0.25, -0.2) is 0 Å². The van der Waals surface area contributed by atoms with Crippen LogP contribution in [0.1, 0.15) is 27.9 Å². The Morgan fingerprint density at radius 1 is 0.960 bits per heavy atom. The molecule has 0 aliphatic carbocycles. The lowest BCUT2D eigenvalue weighted by Crippen LogP contribution is -2.08. The predicted octanol–water partition coefficient (Wildman–Crippen LogP) is 3.97. The Bertz CT molecular complexity index is 812. The summed E-state index contributed by atoms with van der Waals surface area (Å²) in [6.07, 6.45) is 2.17. The predicted molar refractivity (Wildman–Crippen MR) is 105 cm³/mol. The molecule has 0 bridgehead atoms. The molecule has 0 aromatic heterocycles. The molecule has 6 heteroatoms. The number of carbonyl (C=O) groups is 1. The van der Waals surface area contributed by atoms with E-state index in [2.05, 4.69) is 13.3 Å². The topological polar surface area (TPSA) is 71.4 Å². The molecule has 0 heterocycles. The molecule has 0 saturated carbocycles. The standard InChI is InChI=1S/C19H23O4PS/c1-24(2,13-6-14-25(21,22)23)15-16-9-11-18(12-10-16)19(20)17-7-4-3-5-8-17/h3-5,7-12H,6,13-15H2,1-2H3/p+1. The third kappa shape index (κ3) is 6.69. The minimum Gasteiger partial charge on any atom is -0.289 e. The number of carbonyl (C=O) groups excluding carboxylic acids is 1. The molecular weight excluding hydrogens is 355 g/mol. The first-order valence-corrected chi connectivity index (χ1v) is 12.8. The van der Waals surface area contributed by atoms with Gasteiger partial charge in [-0.2, -0.15) is 8.42 Å². The number of hydrogen-bond acceptors (Lipinski definition) is 3. The van der Waals surface area contributed by atoms with E-state index in [1.54, 1.807) is 12.1 Å². The lowest BCUT2D eigenvalue weighted by Gasteiger charge is -2.18. The van der Waals surface area contributed by atoms with Crippen LogP contribution in [0.5, 0.6) is 0 Å². The maximum Gasteiger partial charge on any atom is 0.264 e. The quantitative estimate of drug-likeness (QED) is 0.428. The van der Waals surface area contributed by atoms with E-state index in [-0.39, 0.29) is 11.5 Å². The Kier molecular flexibility index (Phi) is 6.50. The van der Waals surface area contributed by atoms with Crippen LogP contribution in [0, 0.1) is 0 Å². The fourth-order valence-electron chi connectivity index (χ4n) is 2.77. The Hall–Kier alpha value is -1.55. The van der Waals surface area contributed by atoms with Crippen molar-refractivity contribution in [1.82, 2.24) is 0 Å². The van der Waals surface area contributed by atoms with Gasteiger partial charge in [0.1, 0.15) is 0 Å². The van der Waals surface area contributed by atoms with Crippen molar-refractivity contribution >= 4 is 23.2 Å². The summed E-state index contributed by atoms with van der Waals surface area (Å²) in [7, 11) is -5.19. The molecular formula is C19H24O4PS+. The molecule has 0 aliphatic rings. The van der Waals surface area contributed by atoms with Crippen molar-refractivity contribution < 1.29 is 17.8 Å². The molecule has 0 amide bonds. The average molecular weight is 379 g/mol. The van der Waals surface area contributed by atoms with Gasteiger partial charge in [0, 0.05) is 31.7 Å². The van der Waals surface area contributed by atoms with Gasteiger partial charge in [-0.05, 0) is 12.0 Å². The smallest absolute Gasteiger partial charge is 0.264 e. The minimum atomic E-state index is -3.88. The van der Waals surface area contributed by atoms with E-state index in [1.165, 1.54) is 0 Å². The molecule has 1 N–H and O–H groups in total. The highest BCUT2D eigenvalue weighted by Crippen LogP contribution is 2.54. The van der Waals surface area contributed by atoms with Gasteiger partial charge in [0.2, 0.25) is 0 Å². The Morgan fingerprint density at radius 3 is 2.08 bits per heavy atom. The van der Waals surface area contributed by atoms with E-state index in [0.717, 1.165) is 17.9 Å². The highest BCUT2D eigenvalue weighted by Gasteiger charge is 2.26. The summed E-state index contributed by atoms with van der Waals surface area (Å²) in [5, 5.41) is 0. The lowest BCUT2D eigenvalue weighted by molar-refractivity contribution is 0.103. The molecule has 2 rings (SSSR count). The first-order valence-electron chi connectivity index (χ1n) is 8.12. The summed E-state index contributed by atoms with van der Waals surface area (Å²) >= 11 is 0. The Morgan fingerprint density at radius 2 is 1.52 bits per heavy atom. The first-order chi connectivity index (χ1) is 11.7. The third-order valence-electron chi connectivity index (χ3n) is 4.03. The van der Waals surface area contributed by atoms with Crippen LogP contribution in [-0.2, 0) is 16.3 Å². The maximum absolute atomic E-state index is 12.4. The van der Waals surface area contributed by atoms with Gasteiger partial charge in [0.15, 0.2) is 5.78 Å². The molecule has 0 fully saturated rings. The summed E-state index contributed by atoms with van der Waals surface area (Å²) in [5.74, 6) is -0.171. The molecule has 2 aromatic rings. The van der Waals surface area contributed by atoms with Gasteiger partial charge in [0.05, 0.1) is 18.1 Å². The van der Waals surface area contributed by atoms with Crippen molar-refractivity contribution in [1.29, 1.82) is 0 Å². The van der Waals surface area contributed by atoms with Crippen LogP contribution >= 0.6 is 7.26 Å². The first kappa shape index (κ1) is 19.8. The largest absolute Gasteiger partial charge is 0.289 e. The second-order valence-electron chi connectivity index (χ2n) is 6.85. The molecule has 0 saturated heterocycles. The molecule has 25 heavy (non-hydrogen) atoms. The van der Waals surface area contributed by atoms with Gasteiger partial charge in [-0.3, -0.25) is 9.35 Å². The van der Waals surface area contributed by atoms with E-state index in [4.69, 9.17) is 4.55 Å². The molecule has 0 unspecified atom stereocenters. The molecule has 0 atom stereocenters. The van der Waals surface area contributed by atoms with Crippen LogP contribution in [0.25, 0.3) is 0 Å². The van der Waals surface area contributed by atoms with Gasteiger partial charge in [-0.1, -0.05) is 54.6 Å². The lowest BCUT2D eigenvalue weighted by atomic mass is 10.0. The number of benzene rings is 2. The second-order valence-corrected chi connectivity index (χ2v) is 13.1. The Labute approximate surface area is 150 Å². The molecule has 0 spiro atoms. The Balaban J connectivity index is 1.98. The van der Waals surface area contributed by atoms with Crippen LogP contribution in [0.4, 0.5) is 0 Å². The van der Waals surface area contributed by atoms with Crippen LogP contribution in [0.15, 0.2) is 54.6 Å². The van der Waals surface area contributed by atoms with E-state index in [1.807, 2.05) is 42.5 Å². The third-order valence-corrected chi connectivity index (χ3v) is 7.58. The van der Waals surface area contributed by atoms with Gasteiger partial charge in [-0.15, -0.1) is 0 Å². The summed E-state index contributed by atoms with van der Waals surface area (Å²) in [4.78, 5) is 12.4. The summed E-state index contributed by atoms with van der Waals surface area (Å²) in [6.45, 7) is 4.36. The van der Waals surface area contributed by atoms with E-state index in [0.29, 0.717) is 17.5 Å². The number of rotatable bonds is 8. The zero-order valence-electron chi connectivity index (χ0n) is 14.6. The summed E-state index contributed by atoms with van der Waals surface area (Å²) < 4.78 is 30.5. The van der Waals surface area contributed by atoms with Crippen molar-refractivity contribution in [3.8, 4) is 0 Å². The molecule has 134 valence electrons. The number of hydrogen-bond donors (Lipinski definition) is 1. The monoisotopic (exact) mass is 379 g/mol. The zero-order chi connectivity index (χ0) is 18.5. The van der Waals surface area contributed by atoms with Crippen molar-refractivity contribution in [2.24, 2.45) is 0 Å². The summed E-state index contributed by atoms with van der Waals surface area (Å²) in [6, 6.07) is 16.8. The van der Waals surface area contributed by atoms with Gasteiger partial charge < -0.3 is 0 Å². The summed E-state index contributed by atoms with van der Waals surface area (Å²) in [5.41, 5.74) is 2.49. The fraction of sp³-hybridized carbons (Fsp3) is 0.316. The van der Waals surface area contributed by atoms with Crippen molar-refractivity contribution in [3.05, 3.63) is 71.3 Å². The van der Waals surface area contributed by atoms with Crippen LogP contribution in [0.3, 0.4) is 0 Å². The van der Waals surface area contributed by atoms with Crippen LogP contribution in [-0.4, -0.2) is 44.0 Å². The number of ketones is 1. The average Bonchev–Trinajstić information content (AvgIpc) is 2.54. The van der Waals surface area contributed by atoms with Gasteiger partial charge in [0.25, 0.3) is 10.1 Å². The van der Waals surface area contributed by atoms with Crippen molar-refractivity contribution in [3.63, 3.8) is 0 Å². The molecule has 4 nitrogen and oxygen atoms in total.